The van der Waals surface area contributed by atoms with Crippen molar-refractivity contribution >= 4 is 11.6 Å². The van der Waals surface area contributed by atoms with E-state index in [2.05, 4.69) is 15.3 Å². The van der Waals surface area contributed by atoms with E-state index in [0.29, 0.717) is 6.54 Å². The summed E-state index contributed by atoms with van der Waals surface area (Å²) in [5, 5.41) is 3.35. The molecule has 20 heavy (non-hydrogen) atoms. The second-order valence-electron chi connectivity index (χ2n) is 5.06. The average Bonchev–Trinajstić information content (AvgIpc) is 2.99. The molecule has 104 valence electrons. The highest BCUT2D eigenvalue weighted by atomic mass is 16.2. The van der Waals surface area contributed by atoms with E-state index in [9.17, 15) is 4.79 Å². The van der Waals surface area contributed by atoms with Gasteiger partial charge >= 0.3 is 0 Å². The van der Waals surface area contributed by atoms with Crippen molar-refractivity contribution in [2.45, 2.75) is 19.4 Å². The number of aromatic amines is 1. The van der Waals surface area contributed by atoms with Crippen LogP contribution in [0.5, 0.6) is 0 Å². The van der Waals surface area contributed by atoms with E-state index in [4.69, 9.17) is 0 Å². The molecular weight excluding hydrogens is 252 g/mol. The molecule has 2 N–H and O–H groups in total. The number of carbonyl (C=O) groups is 1. The van der Waals surface area contributed by atoms with E-state index in [-0.39, 0.29) is 5.91 Å². The number of benzene rings is 1. The molecule has 0 unspecified atom stereocenters. The number of amides is 1. The number of hydrogen-bond donors (Lipinski definition) is 2. The third kappa shape index (κ3) is 2.39. The van der Waals surface area contributed by atoms with Gasteiger partial charge in [-0.1, -0.05) is 6.07 Å². The van der Waals surface area contributed by atoms with Gasteiger partial charge in [0.15, 0.2) is 0 Å². The molecule has 0 saturated carbocycles. The quantitative estimate of drug-likeness (QED) is 0.897. The van der Waals surface area contributed by atoms with E-state index in [0.717, 1.165) is 42.0 Å². The van der Waals surface area contributed by atoms with Crippen LogP contribution in [0, 0.1) is 0 Å². The molecular formula is C15H18N4O. The smallest absolute Gasteiger partial charge is 0.254 e. The van der Waals surface area contributed by atoms with Crippen LogP contribution in [0.4, 0.5) is 5.69 Å². The van der Waals surface area contributed by atoms with Gasteiger partial charge in [0, 0.05) is 37.2 Å². The summed E-state index contributed by atoms with van der Waals surface area (Å²) in [6.07, 6.45) is 5.49. The van der Waals surface area contributed by atoms with Crippen LogP contribution in [0.1, 0.15) is 28.2 Å². The number of anilines is 1. The zero-order valence-corrected chi connectivity index (χ0v) is 11.5. The summed E-state index contributed by atoms with van der Waals surface area (Å²) < 4.78 is 0. The average molecular weight is 270 g/mol. The molecule has 2 heterocycles. The lowest BCUT2D eigenvalue weighted by atomic mass is 9.97. The zero-order chi connectivity index (χ0) is 13.9. The first-order valence-corrected chi connectivity index (χ1v) is 6.85. The molecule has 0 bridgehead atoms. The highest BCUT2D eigenvalue weighted by Crippen LogP contribution is 2.26. The Kier molecular flexibility index (Phi) is 3.41. The van der Waals surface area contributed by atoms with Crippen LogP contribution >= 0.6 is 0 Å². The molecule has 0 saturated heterocycles. The van der Waals surface area contributed by atoms with Crippen molar-refractivity contribution in [3.8, 4) is 0 Å². The molecule has 1 amide bonds. The van der Waals surface area contributed by atoms with Crippen molar-refractivity contribution in [1.82, 2.24) is 14.9 Å². The van der Waals surface area contributed by atoms with Gasteiger partial charge in [-0.25, -0.2) is 4.98 Å². The van der Waals surface area contributed by atoms with Crippen LogP contribution in [-0.2, 0) is 13.0 Å². The molecule has 2 aromatic rings. The van der Waals surface area contributed by atoms with E-state index >= 15 is 0 Å². The highest BCUT2D eigenvalue weighted by molar-refractivity contribution is 5.97. The van der Waals surface area contributed by atoms with E-state index in [1.165, 1.54) is 0 Å². The molecule has 5 heteroatoms. The lowest BCUT2D eigenvalue weighted by Gasteiger charge is -2.23. The first-order valence-electron chi connectivity index (χ1n) is 6.85. The number of fused-ring (bicyclic) bond motifs is 1. The molecule has 0 aliphatic carbocycles. The summed E-state index contributed by atoms with van der Waals surface area (Å²) in [7, 11) is 1.81. The summed E-state index contributed by atoms with van der Waals surface area (Å²) in [5.41, 5.74) is 3.02. The molecule has 3 rings (SSSR count). The molecule has 1 aromatic carbocycles. The van der Waals surface area contributed by atoms with Crippen molar-refractivity contribution in [2.24, 2.45) is 0 Å². The van der Waals surface area contributed by atoms with Crippen LogP contribution in [0.3, 0.4) is 0 Å². The molecule has 1 aliphatic heterocycles. The number of carbonyl (C=O) groups excluding carboxylic acids is 1. The predicted octanol–water partition coefficient (Wildman–Crippen LogP) is 2.04. The van der Waals surface area contributed by atoms with Crippen LogP contribution in [0.15, 0.2) is 30.6 Å². The minimum Gasteiger partial charge on any atom is -0.385 e. The number of H-pyrrole nitrogens is 1. The largest absolute Gasteiger partial charge is 0.385 e. The molecule has 0 fully saturated rings. The van der Waals surface area contributed by atoms with Gasteiger partial charge in [0.1, 0.15) is 5.82 Å². The number of aromatic nitrogens is 2. The fourth-order valence-electron chi connectivity index (χ4n) is 2.60. The number of nitrogens with zero attached hydrogens (tertiary/aromatic N) is 2. The van der Waals surface area contributed by atoms with Gasteiger partial charge in [0.25, 0.3) is 5.91 Å². The number of rotatable bonds is 3. The summed E-state index contributed by atoms with van der Waals surface area (Å²) in [5.74, 6) is 0.839. The Morgan fingerprint density at radius 1 is 1.45 bits per heavy atom. The standard InChI is InChI=1S/C15H18N4O/c1-19(10-14-17-8-9-18-14)15(20)12-4-2-6-13-11(12)5-3-7-16-13/h2,4,6,8-9,16H,3,5,7,10H2,1H3,(H,17,18). The van der Waals surface area contributed by atoms with Gasteiger partial charge in [-0.2, -0.15) is 0 Å². The van der Waals surface area contributed by atoms with E-state index in [1.807, 2.05) is 18.2 Å². The minimum atomic E-state index is 0.0435. The molecule has 1 aliphatic rings. The first-order chi connectivity index (χ1) is 9.75. The maximum Gasteiger partial charge on any atom is 0.254 e. The summed E-state index contributed by atoms with van der Waals surface area (Å²) in [6, 6.07) is 5.88. The van der Waals surface area contributed by atoms with E-state index < -0.39 is 0 Å². The lowest BCUT2D eigenvalue weighted by Crippen LogP contribution is -2.28. The number of imidazole rings is 1. The van der Waals surface area contributed by atoms with Crippen molar-refractivity contribution in [3.05, 3.63) is 47.5 Å². The SMILES string of the molecule is CN(Cc1ncc[nH]1)C(=O)c1cccc2c1CCCN2. The predicted molar refractivity (Wildman–Crippen MR) is 77.6 cm³/mol. The van der Waals surface area contributed by atoms with E-state index in [1.54, 1.807) is 24.3 Å². The van der Waals surface area contributed by atoms with Gasteiger partial charge in [-0.15, -0.1) is 0 Å². The van der Waals surface area contributed by atoms with Crippen LogP contribution in [-0.4, -0.2) is 34.4 Å². The van der Waals surface area contributed by atoms with Gasteiger partial charge < -0.3 is 15.2 Å². The molecule has 0 radical (unpaired) electrons. The third-order valence-corrected chi connectivity index (χ3v) is 3.61. The topological polar surface area (TPSA) is 61.0 Å². The van der Waals surface area contributed by atoms with Crippen molar-refractivity contribution in [1.29, 1.82) is 0 Å². The van der Waals surface area contributed by atoms with Gasteiger partial charge in [-0.05, 0) is 30.5 Å². The maximum atomic E-state index is 12.6. The maximum absolute atomic E-state index is 12.6. The summed E-state index contributed by atoms with van der Waals surface area (Å²) >= 11 is 0. The van der Waals surface area contributed by atoms with Gasteiger partial charge in [0.2, 0.25) is 0 Å². The van der Waals surface area contributed by atoms with Crippen LogP contribution in [0.2, 0.25) is 0 Å². The van der Waals surface area contributed by atoms with Crippen LogP contribution < -0.4 is 5.32 Å². The number of hydrogen-bond acceptors (Lipinski definition) is 3. The molecule has 0 spiro atoms. The monoisotopic (exact) mass is 270 g/mol. The van der Waals surface area contributed by atoms with Crippen molar-refractivity contribution < 1.29 is 4.79 Å². The molecule has 0 atom stereocenters. The fourth-order valence-corrected chi connectivity index (χ4v) is 2.60. The Bertz CT molecular complexity index is 606. The highest BCUT2D eigenvalue weighted by Gasteiger charge is 2.20. The molecule has 5 nitrogen and oxygen atoms in total. The Labute approximate surface area is 118 Å². The Balaban J connectivity index is 1.83. The third-order valence-electron chi connectivity index (χ3n) is 3.61. The minimum absolute atomic E-state index is 0.0435. The number of nitrogens with one attached hydrogen (secondary N) is 2. The molecule has 1 aromatic heterocycles. The Morgan fingerprint density at radius 2 is 2.35 bits per heavy atom. The Morgan fingerprint density at radius 3 is 3.15 bits per heavy atom. The van der Waals surface area contributed by atoms with Crippen LogP contribution in [0.25, 0.3) is 0 Å². The second kappa shape index (κ2) is 5.36. The fraction of sp³-hybridized carbons (Fsp3) is 0.333. The van der Waals surface area contributed by atoms with Gasteiger partial charge in [-0.3, -0.25) is 4.79 Å². The summed E-state index contributed by atoms with van der Waals surface area (Å²) in [6.45, 7) is 1.47. The zero-order valence-electron chi connectivity index (χ0n) is 11.5. The summed E-state index contributed by atoms with van der Waals surface area (Å²) in [4.78, 5) is 21.5. The van der Waals surface area contributed by atoms with Gasteiger partial charge in [0.05, 0.1) is 6.54 Å². The lowest BCUT2D eigenvalue weighted by molar-refractivity contribution is 0.0780. The second-order valence-corrected chi connectivity index (χ2v) is 5.06. The normalized spacial score (nSPS) is 13.4. The Hall–Kier alpha value is -2.30. The van der Waals surface area contributed by atoms with Crippen molar-refractivity contribution in [2.75, 3.05) is 18.9 Å². The first kappa shape index (κ1) is 12.7. The van der Waals surface area contributed by atoms with Crippen molar-refractivity contribution in [3.63, 3.8) is 0 Å².